The second-order valence-corrected chi connectivity index (χ2v) is 6.57. The third-order valence-electron chi connectivity index (χ3n) is 4.21. The molecule has 21 heavy (non-hydrogen) atoms. The van der Waals surface area contributed by atoms with Gasteiger partial charge in [-0.25, -0.2) is 0 Å². The molecule has 114 valence electrons. The van der Waals surface area contributed by atoms with E-state index >= 15 is 0 Å². The number of nitrogens with one attached hydrogen (secondary N) is 1. The van der Waals surface area contributed by atoms with Crippen LogP contribution in [0.3, 0.4) is 0 Å². The van der Waals surface area contributed by atoms with Gasteiger partial charge in [-0.2, -0.15) is 5.10 Å². The second kappa shape index (κ2) is 6.73. The van der Waals surface area contributed by atoms with Crippen LogP contribution in [-0.2, 0) is 17.8 Å². The van der Waals surface area contributed by atoms with Gasteiger partial charge in [-0.1, -0.05) is 0 Å². The summed E-state index contributed by atoms with van der Waals surface area (Å²) < 4.78 is 8.01. The highest BCUT2D eigenvalue weighted by Crippen LogP contribution is 2.34. The average molecular weight is 305 g/mol. The minimum Gasteiger partial charge on any atom is -0.372 e. The van der Waals surface area contributed by atoms with Gasteiger partial charge in [0.05, 0.1) is 5.69 Å². The molecule has 3 rings (SSSR count). The van der Waals surface area contributed by atoms with E-state index in [0.29, 0.717) is 5.92 Å². The standard InChI is InChI=1S/C16H23N3OS/c1-3-19-14(4-7-18-19)16-13(5-8-20-16)10-17-11-15-12(2)6-9-21-15/h4,6-7,9,13,16-17H,3,5,8,10-11H2,1-2H3/t13-,16+/m0/s1. The molecule has 0 saturated carbocycles. The zero-order valence-electron chi connectivity index (χ0n) is 12.7. The Morgan fingerprint density at radius 1 is 1.48 bits per heavy atom. The molecular weight excluding hydrogens is 282 g/mol. The first kappa shape index (κ1) is 14.8. The zero-order chi connectivity index (χ0) is 14.7. The van der Waals surface area contributed by atoms with Crippen LogP contribution < -0.4 is 5.32 Å². The highest BCUT2D eigenvalue weighted by atomic mass is 32.1. The lowest BCUT2D eigenvalue weighted by Crippen LogP contribution is -2.25. The van der Waals surface area contributed by atoms with Gasteiger partial charge in [0, 0.05) is 43.2 Å². The summed E-state index contributed by atoms with van der Waals surface area (Å²) >= 11 is 1.83. The molecule has 0 aromatic carbocycles. The predicted octanol–water partition coefficient (Wildman–Crippen LogP) is 3.14. The Labute approximate surface area is 130 Å². The first-order chi connectivity index (χ1) is 10.3. The molecule has 5 heteroatoms. The van der Waals surface area contributed by atoms with Crippen molar-refractivity contribution < 1.29 is 4.74 Å². The molecule has 0 unspecified atom stereocenters. The Morgan fingerprint density at radius 3 is 3.14 bits per heavy atom. The molecule has 0 bridgehead atoms. The molecule has 3 heterocycles. The quantitative estimate of drug-likeness (QED) is 0.891. The van der Waals surface area contributed by atoms with Crippen LogP contribution in [0.1, 0.15) is 35.6 Å². The summed E-state index contributed by atoms with van der Waals surface area (Å²) in [7, 11) is 0. The Bertz CT molecular complexity index is 578. The maximum absolute atomic E-state index is 5.97. The fourth-order valence-electron chi connectivity index (χ4n) is 2.97. The van der Waals surface area contributed by atoms with Gasteiger partial charge in [0.15, 0.2) is 0 Å². The summed E-state index contributed by atoms with van der Waals surface area (Å²) in [6.07, 6.45) is 3.18. The Morgan fingerprint density at radius 2 is 2.38 bits per heavy atom. The molecule has 1 fully saturated rings. The van der Waals surface area contributed by atoms with Gasteiger partial charge in [0.2, 0.25) is 0 Å². The van der Waals surface area contributed by atoms with Crippen molar-refractivity contribution in [3.05, 3.63) is 39.8 Å². The number of hydrogen-bond acceptors (Lipinski definition) is 4. The topological polar surface area (TPSA) is 39.1 Å². The van der Waals surface area contributed by atoms with Gasteiger partial charge in [0.25, 0.3) is 0 Å². The monoisotopic (exact) mass is 305 g/mol. The van der Waals surface area contributed by atoms with Gasteiger partial charge in [0.1, 0.15) is 6.10 Å². The molecule has 2 aromatic heterocycles. The Kier molecular flexibility index (Phi) is 4.73. The maximum Gasteiger partial charge on any atom is 0.103 e. The van der Waals surface area contributed by atoms with E-state index in [1.165, 1.54) is 16.1 Å². The van der Waals surface area contributed by atoms with E-state index < -0.39 is 0 Å². The number of aromatic nitrogens is 2. The number of ether oxygens (including phenoxy) is 1. The van der Waals surface area contributed by atoms with Crippen molar-refractivity contribution in [1.29, 1.82) is 0 Å². The molecule has 1 N–H and O–H groups in total. The van der Waals surface area contributed by atoms with E-state index in [-0.39, 0.29) is 6.10 Å². The summed E-state index contributed by atoms with van der Waals surface area (Å²) in [6, 6.07) is 4.28. The lowest BCUT2D eigenvalue weighted by molar-refractivity contribution is 0.0830. The van der Waals surface area contributed by atoms with Crippen molar-refractivity contribution in [3.8, 4) is 0 Å². The molecule has 4 nitrogen and oxygen atoms in total. The number of nitrogens with zero attached hydrogens (tertiary/aromatic N) is 2. The van der Waals surface area contributed by atoms with E-state index in [1.54, 1.807) is 0 Å². The molecule has 1 aliphatic rings. The van der Waals surface area contributed by atoms with Crippen LogP contribution in [0.15, 0.2) is 23.7 Å². The molecule has 2 aromatic rings. The number of aryl methyl sites for hydroxylation is 2. The summed E-state index contributed by atoms with van der Waals surface area (Å²) in [4.78, 5) is 1.43. The lowest BCUT2D eigenvalue weighted by atomic mass is 9.99. The summed E-state index contributed by atoms with van der Waals surface area (Å²) in [5, 5.41) is 10.1. The maximum atomic E-state index is 5.97. The number of rotatable bonds is 6. The lowest BCUT2D eigenvalue weighted by Gasteiger charge is -2.20. The smallest absolute Gasteiger partial charge is 0.103 e. The van der Waals surface area contributed by atoms with Crippen LogP contribution in [0.4, 0.5) is 0 Å². The van der Waals surface area contributed by atoms with Crippen LogP contribution in [0.25, 0.3) is 0 Å². The fourth-order valence-corrected chi connectivity index (χ4v) is 3.85. The first-order valence-electron chi connectivity index (χ1n) is 7.66. The van der Waals surface area contributed by atoms with Crippen LogP contribution in [0.5, 0.6) is 0 Å². The van der Waals surface area contributed by atoms with Crippen molar-refractivity contribution in [2.75, 3.05) is 13.2 Å². The van der Waals surface area contributed by atoms with Gasteiger partial charge < -0.3 is 10.1 Å². The highest BCUT2D eigenvalue weighted by molar-refractivity contribution is 7.10. The molecule has 0 amide bonds. The molecule has 0 spiro atoms. The van der Waals surface area contributed by atoms with Gasteiger partial charge in [-0.15, -0.1) is 11.3 Å². The Hall–Kier alpha value is -1.17. The number of hydrogen-bond donors (Lipinski definition) is 1. The normalized spacial score (nSPS) is 22.0. The van der Waals surface area contributed by atoms with E-state index in [2.05, 4.69) is 41.8 Å². The van der Waals surface area contributed by atoms with Crippen molar-refractivity contribution >= 4 is 11.3 Å². The van der Waals surface area contributed by atoms with E-state index in [4.69, 9.17) is 4.74 Å². The molecule has 2 atom stereocenters. The van der Waals surface area contributed by atoms with Gasteiger partial charge >= 0.3 is 0 Å². The molecule has 1 saturated heterocycles. The molecule has 0 radical (unpaired) electrons. The van der Waals surface area contributed by atoms with Crippen molar-refractivity contribution in [2.24, 2.45) is 5.92 Å². The van der Waals surface area contributed by atoms with Crippen molar-refractivity contribution in [3.63, 3.8) is 0 Å². The SMILES string of the molecule is CCn1nccc1[C@@H]1OCC[C@H]1CNCc1sccc1C. The van der Waals surface area contributed by atoms with E-state index in [0.717, 1.165) is 32.7 Å². The Balaban J connectivity index is 1.58. The minimum atomic E-state index is 0.185. The second-order valence-electron chi connectivity index (χ2n) is 5.57. The van der Waals surface area contributed by atoms with Crippen molar-refractivity contribution in [1.82, 2.24) is 15.1 Å². The van der Waals surface area contributed by atoms with E-state index in [9.17, 15) is 0 Å². The fraction of sp³-hybridized carbons (Fsp3) is 0.562. The first-order valence-corrected chi connectivity index (χ1v) is 8.54. The zero-order valence-corrected chi connectivity index (χ0v) is 13.5. The summed E-state index contributed by atoms with van der Waals surface area (Å²) in [6.45, 7) is 8.00. The third kappa shape index (κ3) is 3.20. The minimum absolute atomic E-state index is 0.185. The van der Waals surface area contributed by atoms with Crippen LogP contribution >= 0.6 is 11.3 Å². The predicted molar refractivity (Wildman–Crippen MR) is 85.5 cm³/mol. The molecule has 0 aliphatic carbocycles. The number of thiophene rings is 1. The molecular formula is C16H23N3OS. The van der Waals surface area contributed by atoms with E-state index in [1.807, 2.05) is 22.2 Å². The molecule has 1 aliphatic heterocycles. The summed E-state index contributed by atoms with van der Waals surface area (Å²) in [5.41, 5.74) is 2.60. The summed E-state index contributed by atoms with van der Waals surface area (Å²) in [5.74, 6) is 0.535. The van der Waals surface area contributed by atoms with Gasteiger partial charge in [-0.05, 0) is 43.3 Å². The average Bonchev–Trinajstić information content (AvgIpc) is 3.19. The van der Waals surface area contributed by atoms with Crippen LogP contribution in [-0.4, -0.2) is 22.9 Å². The largest absolute Gasteiger partial charge is 0.372 e. The van der Waals surface area contributed by atoms with Crippen molar-refractivity contribution in [2.45, 2.75) is 39.5 Å². The van der Waals surface area contributed by atoms with Crippen LogP contribution in [0.2, 0.25) is 0 Å². The highest BCUT2D eigenvalue weighted by Gasteiger charge is 2.31. The third-order valence-corrected chi connectivity index (χ3v) is 5.24. The van der Waals surface area contributed by atoms with Crippen LogP contribution in [0, 0.1) is 12.8 Å². The van der Waals surface area contributed by atoms with Gasteiger partial charge in [-0.3, -0.25) is 4.68 Å².